The summed E-state index contributed by atoms with van der Waals surface area (Å²) in [5, 5.41) is 8.94. The Hall–Kier alpha value is -3.00. The fourth-order valence-electron chi connectivity index (χ4n) is 2.67. The molecule has 1 saturated carbocycles. The average molecular weight is 336 g/mol. The molecule has 0 bridgehead atoms. The van der Waals surface area contributed by atoms with Crippen molar-refractivity contribution in [3.63, 3.8) is 0 Å². The van der Waals surface area contributed by atoms with Crippen molar-refractivity contribution in [1.29, 1.82) is 5.26 Å². The van der Waals surface area contributed by atoms with Crippen molar-refractivity contribution in [2.24, 2.45) is 0 Å². The van der Waals surface area contributed by atoms with Crippen molar-refractivity contribution in [3.8, 4) is 17.6 Å². The van der Waals surface area contributed by atoms with E-state index in [1.165, 1.54) is 7.11 Å². The fraction of sp³-hybridized carbons (Fsp3) is 0.300. The van der Waals surface area contributed by atoms with Crippen LogP contribution in [0.25, 0.3) is 0 Å². The van der Waals surface area contributed by atoms with Gasteiger partial charge in [-0.05, 0) is 30.5 Å². The van der Waals surface area contributed by atoms with Gasteiger partial charge >= 0.3 is 0 Å². The van der Waals surface area contributed by atoms with E-state index in [0.29, 0.717) is 29.6 Å². The number of benzene rings is 2. The van der Waals surface area contributed by atoms with Gasteiger partial charge in [0.15, 0.2) is 18.1 Å². The molecule has 1 amide bonds. The first-order valence-electron chi connectivity index (χ1n) is 8.25. The first kappa shape index (κ1) is 16.8. The number of hydrogen-bond acceptors (Lipinski definition) is 4. The van der Waals surface area contributed by atoms with Crippen LogP contribution in [0.15, 0.2) is 48.5 Å². The van der Waals surface area contributed by atoms with E-state index in [0.717, 1.165) is 18.4 Å². The molecule has 3 rings (SSSR count). The van der Waals surface area contributed by atoms with Crippen LogP contribution >= 0.6 is 0 Å². The van der Waals surface area contributed by atoms with Crippen LogP contribution in [0.3, 0.4) is 0 Å². The topological polar surface area (TPSA) is 62.6 Å². The zero-order chi connectivity index (χ0) is 17.6. The van der Waals surface area contributed by atoms with Crippen LogP contribution in [0, 0.1) is 11.3 Å². The number of nitriles is 1. The van der Waals surface area contributed by atoms with Crippen LogP contribution in [0.2, 0.25) is 0 Å². The normalized spacial score (nSPS) is 13.0. The van der Waals surface area contributed by atoms with Gasteiger partial charge in [-0.3, -0.25) is 4.79 Å². The second kappa shape index (κ2) is 7.71. The molecule has 0 N–H and O–H groups in total. The highest BCUT2D eigenvalue weighted by Crippen LogP contribution is 2.30. The molecule has 2 aromatic rings. The number of carbonyl (C=O) groups excluding carboxylic acids is 1. The van der Waals surface area contributed by atoms with Crippen LogP contribution in [0.4, 0.5) is 0 Å². The summed E-state index contributed by atoms with van der Waals surface area (Å²) in [5.74, 6) is 0.871. The number of carbonyl (C=O) groups is 1. The average Bonchev–Trinajstić information content (AvgIpc) is 3.50. The molecule has 1 aliphatic rings. The zero-order valence-electron chi connectivity index (χ0n) is 14.1. The van der Waals surface area contributed by atoms with E-state index in [2.05, 4.69) is 6.07 Å². The van der Waals surface area contributed by atoms with Crippen LogP contribution in [0.1, 0.15) is 24.0 Å². The lowest BCUT2D eigenvalue weighted by Crippen LogP contribution is -2.36. The minimum atomic E-state index is -0.0500. The van der Waals surface area contributed by atoms with Gasteiger partial charge in [-0.15, -0.1) is 0 Å². The summed E-state index contributed by atoms with van der Waals surface area (Å²) < 4.78 is 10.9. The molecule has 2 aromatic carbocycles. The van der Waals surface area contributed by atoms with Crippen molar-refractivity contribution in [2.75, 3.05) is 13.7 Å². The maximum atomic E-state index is 12.6. The predicted octanol–water partition coefficient (Wildman–Crippen LogP) is 3.14. The third kappa shape index (κ3) is 4.30. The van der Waals surface area contributed by atoms with E-state index in [1.54, 1.807) is 18.2 Å². The van der Waals surface area contributed by atoms with E-state index in [4.69, 9.17) is 14.7 Å². The lowest BCUT2D eigenvalue weighted by molar-refractivity contribution is -0.134. The number of nitrogens with zero attached hydrogens (tertiary/aromatic N) is 2. The molecule has 128 valence electrons. The third-order valence-corrected chi connectivity index (χ3v) is 4.15. The Kier molecular flexibility index (Phi) is 5.20. The van der Waals surface area contributed by atoms with E-state index in [1.807, 2.05) is 35.2 Å². The third-order valence-electron chi connectivity index (χ3n) is 4.15. The monoisotopic (exact) mass is 336 g/mol. The second-order valence-electron chi connectivity index (χ2n) is 6.00. The second-order valence-corrected chi connectivity index (χ2v) is 6.00. The minimum Gasteiger partial charge on any atom is -0.493 e. The van der Waals surface area contributed by atoms with Crippen molar-refractivity contribution in [3.05, 3.63) is 59.7 Å². The van der Waals surface area contributed by atoms with Crippen LogP contribution in [0.5, 0.6) is 11.5 Å². The molecule has 5 nitrogen and oxygen atoms in total. The Morgan fingerprint density at radius 3 is 2.60 bits per heavy atom. The predicted molar refractivity (Wildman–Crippen MR) is 93.2 cm³/mol. The summed E-state index contributed by atoms with van der Waals surface area (Å²) in [6.45, 7) is 0.545. The Morgan fingerprint density at radius 1 is 1.20 bits per heavy atom. The molecule has 0 aliphatic heterocycles. The van der Waals surface area contributed by atoms with E-state index in [-0.39, 0.29) is 12.5 Å². The molecule has 1 fully saturated rings. The van der Waals surface area contributed by atoms with Gasteiger partial charge in [-0.25, -0.2) is 0 Å². The summed E-state index contributed by atoms with van der Waals surface area (Å²) in [6, 6.07) is 17.2. The Balaban J connectivity index is 1.65. The van der Waals surface area contributed by atoms with Gasteiger partial charge in [0.2, 0.25) is 0 Å². The highest BCUT2D eigenvalue weighted by Gasteiger charge is 2.32. The highest BCUT2D eigenvalue weighted by atomic mass is 16.5. The maximum absolute atomic E-state index is 12.6. The van der Waals surface area contributed by atoms with Crippen LogP contribution in [-0.4, -0.2) is 30.6 Å². The molecular formula is C20H20N2O3. The number of amides is 1. The lowest BCUT2D eigenvalue weighted by atomic mass is 10.2. The van der Waals surface area contributed by atoms with Crippen LogP contribution < -0.4 is 9.47 Å². The van der Waals surface area contributed by atoms with Crippen molar-refractivity contribution in [2.45, 2.75) is 25.4 Å². The molecule has 0 unspecified atom stereocenters. The maximum Gasteiger partial charge on any atom is 0.261 e. The van der Waals surface area contributed by atoms with Gasteiger partial charge < -0.3 is 14.4 Å². The summed E-state index contributed by atoms with van der Waals surface area (Å²) in [7, 11) is 1.51. The van der Waals surface area contributed by atoms with E-state index < -0.39 is 0 Å². The molecule has 5 heteroatoms. The minimum absolute atomic E-state index is 0.0437. The molecule has 25 heavy (non-hydrogen) atoms. The molecule has 0 spiro atoms. The molecular weight excluding hydrogens is 316 g/mol. The Bertz CT molecular complexity index is 779. The molecule has 0 heterocycles. The van der Waals surface area contributed by atoms with Crippen molar-refractivity contribution >= 4 is 5.91 Å². The van der Waals surface area contributed by atoms with Gasteiger partial charge in [0.05, 0.1) is 18.7 Å². The van der Waals surface area contributed by atoms with Crippen molar-refractivity contribution in [1.82, 2.24) is 4.90 Å². The van der Waals surface area contributed by atoms with E-state index in [9.17, 15) is 4.79 Å². The number of rotatable bonds is 7. The van der Waals surface area contributed by atoms with Crippen molar-refractivity contribution < 1.29 is 14.3 Å². The molecule has 1 aliphatic carbocycles. The van der Waals surface area contributed by atoms with Gasteiger partial charge in [0, 0.05) is 18.7 Å². The fourth-order valence-corrected chi connectivity index (χ4v) is 2.67. The zero-order valence-corrected chi connectivity index (χ0v) is 14.1. The number of methoxy groups -OCH3 is 1. The summed E-state index contributed by atoms with van der Waals surface area (Å²) >= 11 is 0. The van der Waals surface area contributed by atoms with Gasteiger partial charge in [0.1, 0.15) is 0 Å². The largest absolute Gasteiger partial charge is 0.493 e. The molecule has 0 saturated heterocycles. The highest BCUT2D eigenvalue weighted by molar-refractivity contribution is 5.78. The summed E-state index contributed by atoms with van der Waals surface area (Å²) in [6.07, 6.45) is 2.08. The molecule has 0 radical (unpaired) electrons. The number of hydrogen-bond donors (Lipinski definition) is 0. The first-order chi connectivity index (χ1) is 12.2. The summed E-state index contributed by atoms with van der Waals surface area (Å²) in [4.78, 5) is 14.5. The van der Waals surface area contributed by atoms with E-state index >= 15 is 0 Å². The first-order valence-corrected chi connectivity index (χ1v) is 8.25. The molecule has 0 atom stereocenters. The Morgan fingerprint density at radius 2 is 1.96 bits per heavy atom. The SMILES string of the molecule is COc1cc(C#N)ccc1OCC(=O)N(Cc1ccccc1)C1CC1. The van der Waals surface area contributed by atoms with Crippen LogP contribution in [-0.2, 0) is 11.3 Å². The van der Waals surface area contributed by atoms with Gasteiger partial charge in [-0.2, -0.15) is 5.26 Å². The molecule has 0 aromatic heterocycles. The Labute approximate surface area is 147 Å². The van der Waals surface area contributed by atoms with Gasteiger partial charge in [-0.1, -0.05) is 30.3 Å². The lowest BCUT2D eigenvalue weighted by Gasteiger charge is -2.23. The number of ether oxygens (including phenoxy) is 2. The summed E-state index contributed by atoms with van der Waals surface area (Å²) in [5.41, 5.74) is 1.60. The quantitative estimate of drug-likeness (QED) is 0.779. The standard InChI is InChI=1S/C20H20N2O3/c1-24-19-11-16(12-21)7-10-18(19)25-14-20(23)22(17-8-9-17)13-15-5-3-2-4-6-15/h2-7,10-11,17H,8-9,13-14H2,1H3. The smallest absolute Gasteiger partial charge is 0.261 e. The van der Waals surface area contributed by atoms with Gasteiger partial charge in [0.25, 0.3) is 5.91 Å².